The molecule has 0 atom stereocenters. The van der Waals surface area contributed by atoms with Gasteiger partial charge in [0.05, 0.1) is 0 Å². The Labute approximate surface area is 122 Å². The van der Waals surface area contributed by atoms with E-state index in [4.69, 9.17) is 5.11 Å². The minimum Gasteiger partial charge on any atom is -0.384 e. The first kappa shape index (κ1) is 14.7. The van der Waals surface area contributed by atoms with Crippen molar-refractivity contribution in [2.75, 3.05) is 13.7 Å². The van der Waals surface area contributed by atoms with Crippen LogP contribution in [0.1, 0.15) is 16.0 Å². The van der Waals surface area contributed by atoms with Crippen molar-refractivity contribution >= 4 is 11.3 Å². The van der Waals surface area contributed by atoms with Gasteiger partial charge in [0.1, 0.15) is 12.4 Å². The van der Waals surface area contributed by atoms with E-state index in [1.54, 1.807) is 23.5 Å². The molecule has 0 saturated heterocycles. The summed E-state index contributed by atoms with van der Waals surface area (Å²) in [4.78, 5) is 3.34. The van der Waals surface area contributed by atoms with Crippen LogP contribution in [0.5, 0.6) is 0 Å². The van der Waals surface area contributed by atoms with Crippen molar-refractivity contribution in [1.29, 1.82) is 0 Å². The van der Waals surface area contributed by atoms with Crippen LogP contribution in [0, 0.1) is 17.7 Å². The molecule has 1 aromatic heterocycles. The van der Waals surface area contributed by atoms with Crippen LogP contribution in [0.3, 0.4) is 0 Å². The molecule has 1 N–H and O–H groups in total. The summed E-state index contributed by atoms with van der Waals surface area (Å²) >= 11 is 1.70. The highest BCUT2D eigenvalue weighted by Crippen LogP contribution is 2.15. The fraction of sp³-hybridized carbons (Fsp3) is 0.250. The van der Waals surface area contributed by atoms with Crippen LogP contribution in [0.2, 0.25) is 0 Å². The van der Waals surface area contributed by atoms with Gasteiger partial charge in [0.15, 0.2) is 0 Å². The van der Waals surface area contributed by atoms with E-state index in [-0.39, 0.29) is 12.4 Å². The van der Waals surface area contributed by atoms with Crippen molar-refractivity contribution < 1.29 is 9.50 Å². The van der Waals surface area contributed by atoms with Gasteiger partial charge in [-0.1, -0.05) is 24.0 Å². The standard InChI is InChI=1S/C16H16FNOS/c1-18(12-15-5-3-9-20-15)11-14-7-6-13(4-2-8-19)10-16(14)17/h3,5-7,9-10,19H,8,11-12H2,1H3. The average molecular weight is 289 g/mol. The summed E-state index contributed by atoms with van der Waals surface area (Å²) in [6.07, 6.45) is 0. The molecule has 1 heterocycles. The number of thiophene rings is 1. The van der Waals surface area contributed by atoms with Crippen LogP contribution in [0.4, 0.5) is 4.39 Å². The second-order valence-corrected chi connectivity index (χ2v) is 5.55. The molecule has 2 aromatic rings. The first-order chi connectivity index (χ1) is 9.69. The van der Waals surface area contributed by atoms with Crippen LogP contribution in [-0.2, 0) is 13.1 Å². The van der Waals surface area contributed by atoms with E-state index in [9.17, 15) is 4.39 Å². The molecule has 20 heavy (non-hydrogen) atoms. The average Bonchev–Trinajstić information content (AvgIpc) is 2.92. The minimum absolute atomic E-state index is 0.215. The summed E-state index contributed by atoms with van der Waals surface area (Å²) in [5.74, 6) is 4.95. The Bertz CT molecular complexity index is 613. The molecule has 0 fully saturated rings. The SMILES string of the molecule is CN(Cc1cccs1)Cc1ccc(C#CCO)cc1F. The fourth-order valence-electron chi connectivity index (χ4n) is 1.91. The van der Waals surface area contributed by atoms with Gasteiger partial charge in [-0.3, -0.25) is 4.90 Å². The number of rotatable bonds is 4. The molecule has 0 unspecified atom stereocenters. The van der Waals surface area contributed by atoms with Gasteiger partial charge in [-0.25, -0.2) is 4.39 Å². The van der Waals surface area contributed by atoms with Crippen molar-refractivity contribution in [1.82, 2.24) is 4.90 Å². The molecule has 0 aliphatic rings. The molecule has 0 spiro atoms. The van der Waals surface area contributed by atoms with E-state index < -0.39 is 0 Å². The molecule has 0 amide bonds. The quantitative estimate of drug-likeness (QED) is 0.875. The van der Waals surface area contributed by atoms with Crippen molar-refractivity contribution in [3.8, 4) is 11.8 Å². The van der Waals surface area contributed by atoms with E-state index in [1.165, 1.54) is 10.9 Å². The second-order valence-electron chi connectivity index (χ2n) is 4.52. The Balaban J connectivity index is 2.02. The lowest BCUT2D eigenvalue weighted by molar-refractivity contribution is 0.316. The van der Waals surface area contributed by atoms with Gasteiger partial charge in [0.2, 0.25) is 0 Å². The summed E-state index contributed by atoms with van der Waals surface area (Å²) in [7, 11) is 1.97. The van der Waals surface area contributed by atoms with E-state index in [0.29, 0.717) is 17.7 Å². The first-order valence-corrected chi connectivity index (χ1v) is 7.16. The van der Waals surface area contributed by atoms with Crippen molar-refractivity contribution in [3.63, 3.8) is 0 Å². The lowest BCUT2D eigenvalue weighted by Crippen LogP contribution is -2.17. The topological polar surface area (TPSA) is 23.5 Å². The predicted molar refractivity (Wildman–Crippen MR) is 79.9 cm³/mol. The summed E-state index contributed by atoms with van der Waals surface area (Å²) in [6, 6.07) is 9.03. The van der Waals surface area contributed by atoms with Crippen molar-refractivity contribution in [3.05, 3.63) is 57.5 Å². The van der Waals surface area contributed by atoms with Crippen LogP contribution in [0.25, 0.3) is 0 Å². The Morgan fingerprint density at radius 1 is 1.30 bits per heavy atom. The molecule has 104 valence electrons. The zero-order valence-electron chi connectivity index (χ0n) is 11.3. The smallest absolute Gasteiger partial charge is 0.128 e. The minimum atomic E-state index is -0.257. The van der Waals surface area contributed by atoms with Gasteiger partial charge in [0, 0.05) is 29.1 Å². The second kappa shape index (κ2) is 7.20. The molecule has 0 aliphatic heterocycles. The molecule has 4 heteroatoms. The maximum atomic E-state index is 14.0. The van der Waals surface area contributed by atoms with Gasteiger partial charge in [-0.15, -0.1) is 11.3 Å². The molecule has 0 saturated carbocycles. The highest BCUT2D eigenvalue weighted by atomic mass is 32.1. The number of aliphatic hydroxyl groups is 1. The Hall–Kier alpha value is -1.67. The number of aliphatic hydroxyl groups excluding tert-OH is 1. The monoisotopic (exact) mass is 289 g/mol. The zero-order valence-corrected chi connectivity index (χ0v) is 12.1. The third-order valence-corrected chi connectivity index (χ3v) is 3.67. The zero-order chi connectivity index (χ0) is 14.4. The largest absolute Gasteiger partial charge is 0.384 e. The van der Waals surface area contributed by atoms with E-state index in [1.807, 2.05) is 18.5 Å². The number of nitrogens with zero attached hydrogens (tertiary/aromatic N) is 1. The third kappa shape index (κ3) is 4.17. The fourth-order valence-corrected chi connectivity index (χ4v) is 2.69. The highest BCUT2D eigenvalue weighted by Gasteiger charge is 2.07. The maximum Gasteiger partial charge on any atom is 0.128 e. The van der Waals surface area contributed by atoms with Crippen LogP contribution < -0.4 is 0 Å². The molecule has 1 aromatic carbocycles. The van der Waals surface area contributed by atoms with Crippen molar-refractivity contribution in [2.24, 2.45) is 0 Å². The van der Waals surface area contributed by atoms with Crippen LogP contribution in [0.15, 0.2) is 35.7 Å². The lowest BCUT2D eigenvalue weighted by atomic mass is 10.1. The normalized spacial score (nSPS) is 10.4. The van der Waals surface area contributed by atoms with E-state index in [0.717, 1.165) is 6.54 Å². The highest BCUT2D eigenvalue weighted by molar-refractivity contribution is 7.09. The van der Waals surface area contributed by atoms with Gasteiger partial charge in [0.25, 0.3) is 0 Å². The summed E-state index contributed by atoms with van der Waals surface area (Å²) < 4.78 is 14.0. The number of hydrogen-bond acceptors (Lipinski definition) is 3. The van der Waals surface area contributed by atoms with Gasteiger partial charge in [-0.2, -0.15) is 0 Å². The molecule has 0 aliphatic carbocycles. The first-order valence-electron chi connectivity index (χ1n) is 6.28. The third-order valence-electron chi connectivity index (χ3n) is 2.81. The van der Waals surface area contributed by atoms with E-state index in [2.05, 4.69) is 22.8 Å². The number of benzene rings is 1. The van der Waals surface area contributed by atoms with Crippen LogP contribution >= 0.6 is 11.3 Å². The summed E-state index contributed by atoms with van der Waals surface area (Å²) in [5.41, 5.74) is 1.24. The predicted octanol–water partition coefficient (Wildman–Crippen LogP) is 2.86. The number of halogens is 1. The molecule has 2 rings (SSSR count). The van der Waals surface area contributed by atoms with Gasteiger partial charge < -0.3 is 5.11 Å². The van der Waals surface area contributed by atoms with Crippen molar-refractivity contribution in [2.45, 2.75) is 13.1 Å². The Morgan fingerprint density at radius 3 is 2.80 bits per heavy atom. The summed E-state index contributed by atoms with van der Waals surface area (Å²) in [5, 5.41) is 10.7. The van der Waals surface area contributed by atoms with Gasteiger partial charge >= 0.3 is 0 Å². The lowest BCUT2D eigenvalue weighted by Gasteiger charge is -2.16. The molecular weight excluding hydrogens is 273 g/mol. The molecular formula is C16H16FNOS. The van der Waals surface area contributed by atoms with Gasteiger partial charge in [-0.05, 0) is 30.6 Å². The van der Waals surface area contributed by atoms with E-state index >= 15 is 0 Å². The molecule has 2 nitrogen and oxygen atoms in total. The van der Waals surface area contributed by atoms with Crippen LogP contribution in [-0.4, -0.2) is 23.7 Å². The number of hydrogen-bond donors (Lipinski definition) is 1. The Kier molecular flexibility index (Phi) is 5.31. The summed E-state index contributed by atoms with van der Waals surface area (Å²) in [6.45, 7) is 1.15. The Morgan fingerprint density at radius 2 is 2.15 bits per heavy atom. The molecule has 0 bridgehead atoms. The maximum absolute atomic E-state index is 14.0. The molecule has 0 radical (unpaired) electrons.